The lowest BCUT2D eigenvalue weighted by Gasteiger charge is -2.29. The summed E-state index contributed by atoms with van der Waals surface area (Å²) >= 11 is 0. The lowest BCUT2D eigenvalue weighted by molar-refractivity contribution is -0.897. The Morgan fingerprint density at radius 2 is 1.79 bits per heavy atom. The molecule has 0 atom stereocenters. The number of nitrogens with one attached hydrogen (secondary N) is 3. The van der Waals surface area contributed by atoms with Crippen LogP contribution in [0.3, 0.4) is 0 Å². The maximum absolute atomic E-state index is 13.7. The van der Waals surface area contributed by atoms with Crippen molar-refractivity contribution in [3.63, 3.8) is 0 Å². The van der Waals surface area contributed by atoms with Crippen LogP contribution < -0.4 is 15.5 Å². The van der Waals surface area contributed by atoms with Gasteiger partial charge in [0.25, 0.3) is 11.8 Å². The van der Waals surface area contributed by atoms with Crippen molar-refractivity contribution in [2.24, 2.45) is 0 Å². The zero-order valence-electron chi connectivity index (χ0n) is 16.3. The van der Waals surface area contributed by atoms with Gasteiger partial charge in [-0.2, -0.15) is 0 Å². The second kappa shape index (κ2) is 8.97. The van der Waals surface area contributed by atoms with Crippen molar-refractivity contribution in [2.75, 3.05) is 25.0 Å². The smallest absolute Gasteiger partial charge is 0.279 e. The Kier molecular flexibility index (Phi) is 6.41. The minimum atomic E-state index is -0.508. The number of carbonyl (C=O) groups excluding carboxylic acids is 2. The molecule has 3 rings (SSSR count). The van der Waals surface area contributed by atoms with Gasteiger partial charge >= 0.3 is 0 Å². The molecule has 2 aromatic carbocycles. The number of amides is 2. The van der Waals surface area contributed by atoms with Gasteiger partial charge in [0.15, 0.2) is 6.54 Å². The molecule has 148 valence electrons. The van der Waals surface area contributed by atoms with Crippen molar-refractivity contribution in [1.82, 2.24) is 5.32 Å². The summed E-state index contributed by atoms with van der Waals surface area (Å²) < 4.78 is 13.7. The Hall–Kier alpha value is -2.73. The molecule has 0 saturated carbocycles. The van der Waals surface area contributed by atoms with Crippen molar-refractivity contribution in [2.45, 2.75) is 32.7 Å². The van der Waals surface area contributed by atoms with Crippen LogP contribution in [0.4, 0.5) is 10.1 Å². The quantitative estimate of drug-likeness (QED) is 0.737. The Labute approximate surface area is 164 Å². The van der Waals surface area contributed by atoms with Crippen molar-refractivity contribution in [3.8, 4) is 0 Å². The van der Waals surface area contributed by atoms with Crippen LogP contribution >= 0.6 is 0 Å². The van der Waals surface area contributed by atoms with E-state index in [4.69, 9.17) is 0 Å². The van der Waals surface area contributed by atoms with Crippen LogP contribution in [0.1, 0.15) is 34.3 Å². The fourth-order valence-electron chi connectivity index (χ4n) is 3.51. The molecule has 0 bridgehead atoms. The van der Waals surface area contributed by atoms with E-state index in [0.29, 0.717) is 6.54 Å². The molecule has 1 aliphatic heterocycles. The van der Waals surface area contributed by atoms with Crippen LogP contribution in [-0.2, 0) is 4.79 Å². The minimum Gasteiger partial charge on any atom is -0.349 e. The zero-order valence-corrected chi connectivity index (χ0v) is 16.3. The summed E-state index contributed by atoms with van der Waals surface area (Å²) in [6.45, 7) is 6.06. The lowest BCUT2D eigenvalue weighted by Crippen LogP contribution is -3.14. The van der Waals surface area contributed by atoms with E-state index in [-0.39, 0.29) is 23.4 Å². The van der Waals surface area contributed by atoms with E-state index < -0.39 is 5.82 Å². The number of piperidine rings is 1. The lowest BCUT2D eigenvalue weighted by atomic mass is 10.0. The Balaban J connectivity index is 1.45. The van der Waals surface area contributed by atoms with Crippen molar-refractivity contribution in [1.29, 1.82) is 0 Å². The average molecular weight is 384 g/mol. The topological polar surface area (TPSA) is 62.6 Å². The van der Waals surface area contributed by atoms with Gasteiger partial charge in [0.1, 0.15) is 5.82 Å². The molecule has 28 heavy (non-hydrogen) atoms. The largest absolute Gasteiger partial charge is 0.349 e. The summed E-state index contributed by atoms with van der Waals surface area (Å²) in [5.41, 5.74) is 3.24. The summed E-state index contributed by atoms with van der Waals surface area (Å²) in [6.07, 6.45) is 1.54. The van der Waals surface area contributed by atoms with E-state index in [1.807, 2.05) is 32.0 Å². The summed E-state index contributed by atoms with van der Waals surface area (Å²) in [5.74, 6) is -0.891. The predicted molar refractivity (Wildman–Crippen MR) is 107 cm³/mol. The molecule has 3 N–H and O–H groups in total. The highest BCUT2D eigenvalue weighted by Crippen LogP contribution is 2.14. The van der Waals surface area contributed by atoms with E-state index in [1.165, 1.54) is 22.6 Å². The summed E-state index contributed by atoms with van der Waals surface area (Å²) in [4.78, 5) is 25.7. The fraction of sp³-hybridized carbons (Fsp3) is 0.364. The van der Waals surface area contributed by atoms with Crippen molar-refractivity contribution in [3.05, 3.63) is 65.0 Å². The third-order valence-corrected chi connectivity index (χ3v) is 5.35. The summed E-state index contributed by atoms with van der Waals surface area (Å²) in [5, 5.41) is 5.87. The third kappa shape index (κ3) is 5.16. The van der Waals surface area contributed by atoms with Gasteiger partial charge in [0.2, 0.25) is 0 Å². The van der Waals surface area contributed by atoms with Gasteiger partial charge in [-0.3, -0.25) is 9.59 Å². The monoisotopic (exact) mass is 384 g/mol. The molecule has 1 aliphatic rings. The zero-order chi connectivity index (χ0) is 20.1. The number of quaternary nitrogens is 1. The van der Waals surface area contributed by atoms with Crippen LogP contribution in [-0.4, -0.2) is 37.5 Å². The molecule has 1 fully saturated rings. The molecule has 0 aromatic heterocycles. The van der Waals surface area contributed by atoms with Gasteiger partial charge in [-0.25, -0.2) is 4.39 Å². The molecule has 0 unspecified atom stereocenters. The van der Waals surface area contributed by atoms with E-state index >= 15 is 0 Å². The molecule has 1 heterocycles. The molecular weight excluding hydrogens is 357 g/mol. The molecule has 2 aromatic rings. The van der Waals surface area contributed by atoms with Crippen LogP contribution in [0.2, 0.25) is 0 Å². The van der Waals surface area contributed by atoms with Crippen LogP contribution in [0.5, 0.6) is 0 Å². The number of rotatable bonds is 5. The first-order valence-corrected chi connectivity index (χ1v) is 9.68. The molecule has 6 heteroatoms. The van der Waals surface area contributed by atoms with Crippen molar-refractivity contribution < 1.29 is 18.9 Å². The first kappa shape index (κ1) is 20.0. The molecule has 2 amide bonds. The number of carbonyl (C=O) groups is 2. The van der Waals surface area contributed by atoms with E-state index in [9.17, 15) is 14.0 Å². The standard InChI is InChI=1S/C22H26FN3O2/c1-15-7-8-18(13-16(15)2)24-21(27)14-26-11-9-17(10-12-26)25-22(28)19-5-3-4-6-20(19)23/h3-8,13,17H,9-12,14H2,1-2H3,(H,24,27)(H,25,28)/p+1. The van der Waals surface area contributed by atoms with Gasteiger partial charge < -0.3 is 15.5 Å². The average Bonchev–Trinajstić information content (AvgIpc) is 2.66. The highest BCUT2D eigenvalue weighted by atomic mass is 19.1. The van der Waals surface area contributed by atoms with Crippen LogP contribution in [0.25, 0.3) is 0 Å². The number of likely N-dealkylation sites (tertiary alicyclic amines) is 1. The number of benzene rings is 2. The highest BCUT2D eigenvalue weighted by Gasteiger charge is 2.26. The number of halogens is 1. The Morgan fingerprint density at radius 3 is 2.46 bits per heavy atom. The second-order valence-electron chi connectivity index (χ2n) is 7.50. The maximum Gasteiger partial charge on any atom is 0.279 e. The van der Waals surface area contributed by atoms with Gasteiger partial charge in [-0.1, -0.05) is 18.2 Å². The normalized spacial score (nSPS) is 19.1. The van der Waals surface area contributed by atoms with E-state index in [0.717, 1.165) is 37.2 Å². The van der Waals surface area contributed by atoms with Gasteiger partial charge in [0, 0.05) is 24.6 Å². The maximum atomic E-state index is 13.7. The third-order valence-electron chi connectivity index (χ3n) is 5.35. The van der Waals surface area contributed by atoms with E-state index in [1.54, 1.807) is 12.1 Å². The Morgan fingerprint density at radius 1 is 1.07 bits per heavy atom. The number of aryl methyl sites for hydroxylation is 2. The fourth-order valence-corrected chi connectivity index (χ4v) is 3.51. The minimum absolute atomic E-state index is 0.00732. The van der Waals surface area contributed by atoms with E-state index in [2.05, 4.69) is 10.6 Å². The van der Waals surface area contributed by atoms with Gasteiger partial charge in [-0.15, -0.1) is 0 Å². The number of hydrogen-bond donors (Lipinski definition) is 3. The second-order valence-corrected chi connectivity index (χ2v) is 7.50. The molecule has 0 aliphatic carbocycles. The van der Waals surface area contributed by atoms with Gasteiger partial charge in [-0.05, 0) is 49.2 Å². The predicted octanol–water partition coefficient (Wildman–Crippen LogP) is 1.86. The molecule has 0 radical (unpaired) electrons. The van der Waals surface area contributed by atoms with Gasteiger partial charge in [0.05, 0.1) is 18.7 Å². The molecule has 5 nitrogen and oxygen atoms in total. The van der Waals surface area contributed by atoms with Crippen LogP contribution in [0, 0.1) is 19.7 Å². The number of anilines is 1. The van der Waals surface area contributed by atoms with Crippen molar-refractivity contribution >= 4 is 17.5 Å². The SMILES string of the molecule is Cc1ccc(NC(=O)C[NH+]2CCC(NC(=O)c3ccccc3F)CC2)cc1C. The first-order valence-electron chi connectivity index (χ1n) is 9.68. The Bertz CT molecular complexity index is 861. The highest BCUT2D eigenvalue weighted by molar-refractivity contribution is 5.94. The van der Waals surface area contributed by atoms with Crippen LogP contribution in [0.15, 0.2) is 42.5 Å². The molecule has 1 saturated heterocycles. The molecular formula is C22H27FN3O2+. The summed E-state index contributed by atoms with van der Waals surface area (Å²) in [7, 11) is 0. The first-order chi connectivity index (χ1) is 13.4. The summed E-state index contributed by atoms with van der Waals surface area (Å²) in [6, 6.07) is 11.9. The molecule has 0 spiro atoms. The number of hydrogen-bond acceptors (Lipinski definition) is 2.